The number of nitrogens with zero attached hydrogens (tertiary/aromatic N) is 2. The Balaban J connectivity index is 1.77. The zero-order chi connectivity index (χ0) is 17.8. The van der Waals surface area contributed by atoms with Crippen LogP contribution in [0.1, 0.15) is 22.9 Å². The molecular formula is C19H12FN3O2S. The highest BCUT2D eigenvalue weighted by Gasteiger charge is 2.20. The minimum Gasteiger partial charge on any atom is -0.408 e. The predicted molar refractivity (Wildman–Crippen MR) is 101 cm³/mol. The van der Waals surface area contributed by atoms with E-state index in [4.69, 9.17) is 4.42 Å². The summed E-state index contributed by atoms with van der Waals surface area (Å²) in [6.07, 6.45) is 0.630. The number of hydrogen-bond donors (Lipinski definition) is 1. The van der Waals surface area contributed by atoms with E-state index in [-0.39, 0.29) is 5.82 Å². The monoisotopic (exact) mass is 365 g/mol. The second-order valence-electron chi connectivity index (χ2n) is 6.27. The minimum absolute atomic E-state index is 0.269. The lowest BCUT2D eigenvalue weighted by atomic mass is 9.97. The second-order valence-corrected chi connectivity index (χ2v) is 7.36. The van der Waals surface area contributed by atoms with Gasteiger partial charge in [0.15, 0.2) is 5.58 Å². The van der Waals surface area contributed by atoms with E-state index >= 15 is 0 Å². The molecule has 0 saturated carbocycles. The van der Waals surface area contributed by atoms with Gasteiger partial charge < -0.3 is 4.42 Å². The molecular weight excluding hydrogens is 353 g/mol. The Morgan fingerprint density at radius 2 is 2.08 bits per heavy atom. The van der Waals surface area contributed by atoms with Crippen LogP contribution in [0, 0.1) is 5.82 Å². The number of rotatable bonds is 1. The summed E-state index contributed by atoms with van der Waals surface area (Å²) in [6.45, 7) is 1.92. The van der Waals surface area contributed by atoms with Gasteiger partial charge in [0, 0.05) is 22.4 Å². The molecule has 0 radical (unpaired) electrons. The molecule has 0 bridgehead atoms. The molecule has 7 heteroatoms. The van der Waals surface area contributed by atoms with Gasteiger partial charge in [-0.3, -0.25) is 4.98 Å². The van der Waals surface area contributed by atoms with Gasteiger partial charge in [0.2, 0.25) is 0 Å². The van der Waals surface area contributed by atoms with Crippen molar-refractivity contribution in [2.75, 3.05) is 0 Å². The molecule has 0 spiro atoms. The van der Waals surface area contributed by atoms with E-state index in [9.17, 15) is 9.18 Å². The van der Waals surface area contributed by atoms with Crippen LogP contribution in [0.5, 0.6) is 0 Å². The molecule has 1 aliphatic heterocycles. The number of benzene rings is 2. The molecule has 0 fully saturated rings. The van der Waals surface area contributed by atoms with Crippen LogP contribution in [0.2, 0.25) is 0 Å². The van der Waals surface area contributed by atoms with Crippen molar-refractivity contribution in [1.29, 1.82) is 0 Å². The van der Waals surface area contributed by atoms with Crippen LogP contribution in [-0.2, 0) is 6.42 Å². The van der Waals surface area contributed by atoms with Gasteiger partial charge in [0.1, 0.15) is 11.5 Å². The third-order valence-electron chi connectivity index (χ3n) is 4.38. The normalized spacial score (nSPS) is 14.2. The van der Waals surface area contributed by atoms with Gasteiger partial charge in [-0.15, -0.1) is 16.4 Å². The van der Waals surface area contributed by atoms with Gasteiger partial charge in [-0.1, -0.05) is 0 Å². The molecule has 0 saturated heterocycles. The first-order valence-corrected chi connectivity index (χ1v) is 8.85. The molecule has 5 nitrogen and oxygen atoms in total. The molecule has 4 aromatic rings. The molecule has 128 valence electrons. The lowest BCUT2D eigenvalue weighted by Crippen LogP contribution is -2.05. The molecule has 1 N–H and O–H groups in total. The van der Waals surface area contributed by atoms with Crippen molar-refractivity contribution < 1.29 is 8.81 Å². The van der Waals surface area contributed by atoms with Crippen molar-refractivity contribution >= 4 is 43.9 Å². The maximum Gasteiger partial charge on any atom is 0.417 e. The number of aromatic nitrogens is 1. The van der Waals surface area contributed by atoms with E-state index in [1.807, 2.05) is 25.1 Å². The number of halogens is 1. The topological polar surface area (TPSA) is 70.7 Å². The SMILES string of the molecule is CC1=NN=C(c2cc3cc(F)ccc3s2)c2cc3oc(=O)[nH]c3cc2C1. The molecule has 0 atom stereocenters. The maximum atomic E-state index is 13.5. The molecule has 2 aromatic carbocycles. The first-order chi connectivity index (χ1) is 12.6. The summed E-state index contributed by atoms with van der Waals surface area (Å²) in [6, 6.07) is 10.4. The molecule has 26 heavy (non-hydrogen) atoms. The Labute approximate surface area is 150 Å². The average molecular weight is 365 g/mol. The Morgan fingerprint density at radius 3 is 2.96 bits per heavy atom. The fraction of sp³-hybridized carbons (Fsp3) is 0.105. The van der Waals surface area contributed by atoms with E-state index in [0.29, 0.717) is 23.2 Å². The summed E-state index contributed by atoms with van der Waals surface area (Å²) >= 11 is 1.53. The standard InChI is InChI=1S/C19H12FN3O2S/c1-9-4-10-6-14-15(25-19(24)21-14)8-13(10)18(23-22-9)17-7-11-5-12(20)2-3-16(11)26-17/h2-3,5-8H,4H2,1H3,(H,21,24). The van der Waals surface area contributed by atoms with Crippen LogP contribution in [0.25, 0.3) is 21.2 Å². The van der Waals surface area contributed by atoms with Gasteiger partial charge in [-0.05, 0) is 54.3 Å². The lowest BCUT2D eigenvalue weighted by molar-refractivity contribution is 0.555. The van der Waals surface area contributed by atoms with Crippen molar-refractivity contribution in [3.05, 3.63) is 68.8 Å². The van der Waals surface area contributed by atoms with E-state index in [1.165, 1.54) is 23.5 Å². The fourth-order valence-electron chi connectivity index (χ4n) is 3.22. The number of aromatic amines is 1. The molecule has 2 aromatic heterocycles. The van der Waals surface area contributed by atoms with Gasteiger partial charge in [-0.2, -0.15) is 5.10 Å². The third kappa shape index (κ3) is 2.40. The molecule has 3 heterocycles. The van der Waals surface area contributed by atoms with Gasteiger partial charge in [-0.25, -0.2) is 9.18 Å². The Bertz CT molecular complexity index is 1310. The smallest absolute Gasteiger partial charge is 0.408 e. The first-order valence-electron chi connectivity index (χ1n) is 8.03. The molecule has 1 aliphatic rings. The van der Waals surface area contributed by atoms with Crippen molar-refractivity contribution in [3.8, 4) is 0 Å². The Kier molecular flexibility index (Phi) is 3.20. The largest absolute Gasteiger partial charge is 0.417 e. The van der Waals surface area contributed by atoms with Crippen molar-refractivity contribution in [3.63, 3.8) is 0 Å². The quantitative estimate of drug-likeness (QED) is 0.548. The Morgan fingerprint density at radius 1 is 1.19 bits per heavy atom. The van der Waals surface area contributed by atoms with Crippen LogP contribution in [0.4, 0.5) is 4.39 Å². The molecule has 0 aliphatic carbocycles. The molecule has 0 unspecified atom stereocenters. The van der Waals surface area contributed by atoms with Gasteiger partial charge in [0.25, 0.3) is 0 Å². The van der Waals surface area contributed by atoms with Crippen LogP contribution in [-0.4, -0.2) is 16.4 Å². The summed E-state index contributed by atoms with van der Waals surface area (Å²) in [7, 11) is 0. The molecule has 5 rings (SSSR count). The average Bonchev–Trinajstić information content (AvgIpc) is 3.12. The summed E-state index contributed by atoms with van der Waals surface area (Å²) in [5.74, 6) is -0.754. The highest BCUT2D eigenvalue weighted by atomic mass is 32.1. The highest BCUT2D eigenvalue weighted by molar-refractivity contribution is 7.21. The van der Waals surface area contributed by atoms with Crippen LogP contribution < -0.4 is 5.76 Å². The van der Waals surface area contributed by atoms with Crippen LogP contribution >= 0.6 is 11.3 Å². The van der Waals surface area contributed by atoms with E-state index in [1.54, 1.807) is 6.07 Å². The van der Waals surface area contributed by atoms with E-state index in [2.05, 4.69) is 15.2 Å². The predicted octanol–water partition coefficient (Wildman–Crippen LogP) is 4.24. The minimum atomic E-state index is -0.485. The summed E-state index contributed by atoms with van der Waals surface area (Å²) in [5, 5.41) is 9.58. The van der Waals surface area contributed by atoms with E-state index < -0.39 is 5.76 Å². The number of thiophene rings is 1. The number of oxazole rings is 1. The first kappa shape index (κ1) is 15.2. The Hall–Kier alpha value is -3.06. The van der Waals surface area contributed by atoms with Crippen molar-refractivity contribution in [2.24, 2.45) is 10.2 Å². The van der Waals surface area contributed by atoms with Crippen LogP contribution in [0.3, 0.4) is 0 Å². The second kappa shape index (κ2) is 5.47. The number of fused-ring (bicyclic) bond motifs is 3. The lowest BCUT2D eigenvalue weighted by Gasteiger charge is -2.07. The van der Waals surface area contributed by atoms with Crippen molar-refractivity contribution in [2.45, 2.75) is 13.3 Å². The summed E-state index contributed by atoms with van der Waals surface area (Å²) in [5.41, 5.74) is 4.58. The van der Waals surface area contributed by atoms with Crippen LogP contribution in [0.15, 0.2) is 55.8 Å². The number of H-pyrrole nitrogens is 1. The molecule has 0 amide bonds. The van der Waals surface area contributed by atoms with Gasteiger partial charge >= 0.3 is 5.76 Å². The summed E-state index contributed by atoms with van der Waals surface area (Å²) in [4.78, 5) is 15.1. The zero-order valence-electron chi connectivity index (χ0n) is 13.7. The van der Waals surface area contributed by atoms with E-state index in [0.717, 1.165) is 31.8 Å². The zero-order valence-corrected chi connectivity index (χ0v) is 14.5. The number of hydrogen-bond acceptors (Lipinski definition) is 5. The third-order valence-corrected chi connectivity index (χ3v) is 5.50. The fourth-order valence-corrected chi connectivity index (χ4v) is 4.26. The number of nitrogens with one attached hydrogen (secondary N) is 1. The van der Waals surface area contributed by atoms with Gasteiger partial charge in [0.05, 0.1) is 10.4 Å². The summed E-state index contributed by atoms with van der Waals surface area (Å²) < 4.78 is 19.7. The maximum absolute atomic E-state index is 13.5. The van der Waals surface area contributed by atoms with Crippen molar-refractivity contribution in [1.82, 2.24) is 4.98 Å². The highest BCUT2D eigenvalue weighted by Crippen LogP contribution is 2.31.